The first-order chi connectivity index (χ1) is 8.22. The molecule has 0 N–H and O–H groups in total. The molecule has 0 radical (unpaired) electrons. The Morgan fingerprint density at radius 1 is 1.18 bits per heavy atom. The highest BCUT2D eigenvalue weighted by Crippen LogP contribution is 2.30. The van der Waals surface area contributed by atoms with Crippen molar-refractivity contribution in [3.05, 3.63) is 34.3 Å². The molecule has 0 aliphatic carbocycles. The lowest BCUT2D eigenvalue weighted by atomic mass is 10.1. The zero-order valence-electron chi connectivity index (χ0n) is 8.84. The van der Waals surface area contributed by atoms with Crippen molar-refractivity contribution in [3.63, 3.8) is 0 Å². The van der Waals surface area contributed by atoms with Gasteiger partial charge in [-0.3, -0.25) is 0 Å². The van der Waals surface area contributed by atoms with Crippen LogP contribution >= 0.6 is 23.1 Å². The highest BCUT2D eigenvalue weighted by atomic mass is 32.2. The van der Waals surface area contributed by atoms with E-state index in [0.717, 1.165) is 14.2 Å². The summed E-state index contributed by atoms with van der Waals surface area (Å²) in [6.07, 6.45) is 0. The number of benzene rings is 1. The molecule has 0 amide bonds. The molecule has 0 spiro atoms. The van der Waals surface area contributed by atoms with Crippen LogP contribution in [0.15, 0.2) is 27.4 Å². The molecule has 17 heavy (non-hydrogen) atoms. The third-order valence-electron chi connectivity index (χ3n) is 1.94. The van der Waals surface area contributed by atoms with Crippen molar-refractivity contribution in [2.45, 2.75) is 16.2 Å². The van der Waals surface area contributed by atoms with Crippen molar-refractivity contribution in [3.8, 4) is 12.1 Å². The van der Waals surface area contributed by atoms with Crippen LogP contribution in [0.4, 0.5) is 0 Å². The van der Waals surface area contributed by atoms with Crippen molar-refractivity contribution in [1.82, 2.24) is 10.2 Å². The van der Waals surface area contributed by atoms with Crippen LogP contribution < -0.4 is 0 Å². The van der Waals surface area contributed by atoms with Gasteiger partial charge in [0, 0.05) is 4.90 Å². The molecule has 0 saturated carbocycles. The number of nitriles is 2. The SMILES string of the molecule is Cc1nnc(Sc2ccc(C#N)c(C#N)c2)s1. The summed E-state index contributed by atoms with van der Waals surface area (Å²) in [5, 5.41) is 26.5. The lowest BCUT2D eigenvalue weighted by Crippen LogP contribution is -1.84. The monoisotopic (exact) mass is 258 g/mol. The molecule has 0 bridgehead atoms. The average Bonchev–Trinajstić information content (AvgIpc) is 2.74. The fourth-order valence-corrected chi connectivity index (χ4v) is 3.03. The van der Waals surface area contributed by atoms with Crippen molar-refractivity contribution < 1.29 is 0 Å². The Balaban J connectivity index is 2.30. The lowest BCUT2D eigenvalue weighted by molar-refractivity contribution is 0.984. The molecule has 4 nitrogen and oxygen atoms in total. The second kappa shape index (κ2) is 4.96. The summed E-state index contributed by atoms with van der Waals surface area (Å²) in [5.41, 5.74) is 0.782. The molecule has 2 aromatic rings. The standard InChI is InChI=1S/C11H6N4S2/c1-7-14-15-11(16-7)17-10-3-2-8(5-12)9(4-10)6-13/h2-4H,1H3. The summed E-state index contributed by atoms with van der Waals surface area (Å²) in [6, 6.07) is 9.14. The Hall–Kier alpha value is -1.89. The summed E-state index contributed by atoms with van der Waals surface area (Å²) >= 11 is 2.94. The fraction of sp³-hybridized carbons (Fsp3) is 0.0909. The van der Waals surface area contributed by atoms with Crippen LogP contribution in [0, 0.1) is 29.6 Å². The molecule has 1 heterocycles. The normalized spacial score (nSPS) is 9.59. The molecule has 0 aliphatic rings. The van der Waals surface area contributed by atoms with E-state index >= 15 is 0 Å². The molecule has 1 aromatic heterocycles. The number of nitrogens with zero attached hydrogens (tertiary/aromatic N) is 4. The first-order valence-corrected chi connectivity index (χ1v) is 6.28. The van der Waals surface area contributed by atoms with Crippen molar-refractivity contribution in [2.75, 3.05) is 0 Å². The van der Waals surface area contributed by atoms with E-state index in [-0.39, 0.29) is 0 Å². The van der Waals surface area contributed by atoms with Gasteiger partial charge in [0.1, 0.15) is 17.1 Å². The molecule has 0 aliphatic heterocycles. The Morgan fingerprint density at radius 2 is 1.94 bits per heavy atom. The van der Waals surface area contributed by atoms with E-state index in [9.17, 15) is 0 Å². The fourth-order valence-electron chi connectivity index (χ4n) is 1.20. The second-order valence-electron chi connectivity index (χ2n) is 3.12. The molecule has 0 saturated heterocycles. The molecular formula is C11H6N4S2. The zero-order valence-corrected chi connectivity index (χ0v) is 10.5. The average molecular weight is 258 g/mol. The van der Waals surface area contributed by atoms with Gasteiger partial charge in [-0.05, 0) is 25.1 Å². The van der Waals surface area contributed by atoms with E-state index in [1.54, 1.807) is 18.2 Å². The van der Waals surface area contributed by atoms with E-state index in [1.165, 1.54) is 23.1 Å². The van der Waals surface area contributed by atoms with E-state index < -0.39 is 0 Å². The van der Waals surface area contributed by atoms with Crippen LogP contribution in [-0.4, -0.2) is 10.2 Å². The largest absolute Gasteiger partial charge is 0.192 e. The quantitative estimate of drug-likeness (QED) is 0.828. The highest BCUT2D eigenvalue weighted by Gasteiger charge is 2.06. The van der Waals surface area contributed by atoms with Gasteiger partial charge in [0.25, 0.3) is 0 Å². The highest BCUT2D eigenvalue weighted by molar-refractivity contribution is 8.01. The van der Waals surface area contributed by atoms with Crippen LogP contribution in [0.3, 0.4) is 0 Å². The molecule has 1 aromatic carbocycles. The Labute approximate surface area is 107 Å². The van der Waals surface area contributed by atoms with Crippen LogP contribution in [0.25, 0.3) is 0 Å². The third kappa shape index (κ3) is 2.62. The summed E-state index contributed by atoms with van der Waals surface area (Å²) in [5.74, 6) is 0. The topological polar surface area (TPSA) is 73.4 Å². The molecule has 2 rings (SSSR count). The van der Waals surface area contributed by atoms with E-state index in [1.807, 2.05) is 19.1 Å². The van der Waals surface area contributed by atoms with Gasteiger partial charge in [0.15, 0.2) is 4.34 Å². The number of rotatable bonds is 2. The maximum Gasteiger partial charge on any atom is 0.179 e. The minimum Gasteiger partial charge on any atom is -0.192 e. The van der Waals surface area contributed by atoms with Gasteiger partial charge in [-0.1, -0.05) is 23.1 Å². The first-order valence-electron chi connectivity index (χ1n) is 4.65. The van der Waals surface area contributed by atoms with Crippen LogP contribution in [0.2, 0.25) is 0 Å². The summed E-state index contributed by atoms with van der Waals surface area (Å²) < 4.78 is 0.830. The van der Waals surface area contributed by atoms with Crippen LogP contribution in [0.1, 0.15) is 16.1 Å². The van der Waals surface area contributed by atoms with E-state index in [4.69, 9.17) is 10.5 Å². The molecular weight excluding hydrogens is 252 g/mol. The molecule has 0 atom stereocenters. The van der Waals surface area contributed by atoms with Gasteiger partial charge >= 0.3 is 0 Å². The predicted molar refractivity (Wildman–Crippen MR) is 64.6 cm³/mol. The maximum atomic E-state index is 8.91. The zero-order chi connectivity index (χ0) is 12.3. The van der Waals surface area contributed by atoms with Gasteiger partial charge in [0.05, 0.1) is 11.1 Å². The van der Waals surface area contributed by atoms with Crippen molar-refractivity contribution in [2.24, 2.45) is 0 Å². The van der Waals surface area contributed by atoms with Gasteiger partial charge in [-0.2, -0.15) is 10.5 Å². The molecule has 6 heteroatoms. The van der Waals surface area contributed by atoms with Crippen LogP contribution in [-0.2, 0) is 0 Å². The second-order valence-corrected chi connectivity index (χ2v) is 5.62. The minimum atomic E-state index is 0.388. The number of aryl methyl sites for hydroxylation is 1. The molecule has 0 fully saturated rings. The van der Waals surface area contributed by atoms with Crippen LogP contribution in [0.5, 0.6) is 0 Å². The van der Waals surface area contributed by atoms with Gasteiger partial charge in [-0.15, -0.1) is 10.2 Å². The summed E-state index contributed by atoms with van der Waals surface area (Å²) in [7, 11) is 0. The Bertz CT molecular complexity index is 634. The summed E-state index contributed by atoms with van der Waals surface area (Å²) in [4.78, 5) is 0.886. The minimum absolute atomic E-state index is 0.388. The number of hydrogen-bond donors (Lipinski definition) is 0. The number of hydrogen-bond acceptors (Lipinski definition) is 6. The van der Waals surface area contributed by atoms with Crippen molar-refractivity contribution in [1.29, 1.82) is 10.5 Å². The number of aromatic nitrogens is 2. The maximum absolute atomic E-state index is 8.91. The van der Waals surface area contributed by atoms with Crippen molar-refractivity contribution >= 4 is 23.1 Å². The first kappa shape index (κ1) is 11.6. The van der Waals surface area contributed by atoms with E-state index in [0.29, 0.717) is 11.1 Å². The third-order valence-corrected chi connectivity index (χ3v) is 3.82. The predicted octanol–water partition coefficient (Wildman–Crippen LogP) is 2.74. The summed E-state index contributed by atoms with van der Waals surface area (Å²) in [6.45, 7) is 1.89. The smallest absolute Gasteiger partial charge is 0.179 e. The molecule has 0 unspecified atom stereocenters. The Kier molecular flexibility index (Phi) is 3.38. The van der Waals surface area contributed by atoms with E-state index in [2.05, 4.69) is 10.2 Å². The van der Waals surface area contributed by atoms with Gasteiger partial charge < -0.3 is 0 Å². The Morgan fingerprint density at radius 3 is 2.53 bits per heavy atom. The lowest BCUT2D eigenvalue weighted by Gasteiger charge is -1.99. The van der Waals surface area contributed by atoms with Gasteiger partial charge in [-0.25, -0.2) is 0 Å². The molecule has 82 valence electrons. The van der Waals surface area contributed by atoms with Gasteiger partial charge in [0.2, 0.25) is 0 Å².